The van der Waals surface area contributed by atoms with Crippen molar-refractivity contribution in [2.45, 2.75) is 25.5 Å². The third-order valence-corrected chi connectivity index (χ3v) is 5.64. The molecule has 1 saturated heterocycles. The van der Waals surface area contributed by atoms with Gasteiger partial charge in [0.2, 0.25) is 5.91 Å². The van der Waals surface area contributed by atoms with Crippen LogP contribution in [0.2, 0.25) is 0 Å². The van der Waals surface area contributed by atoms with Crippen molar-refractivity contribution in [1.82, 2.24) is 9.88 Å². The number of amidine groups is 1. The van der Waals surface area contributed by atoms with E-state index in [1.165, 1.54) is 0 Å². The van der Waals surface area contributed by atoms with E-state index in [0.717, 1.165) is 38.9 Å². The average molecular weight is 449 g/mol. The molecule has 1 atom stereocenters. The van der Waals surface area contributed by atoms with Gasteiger partial charge in [-0.3, -0.25) is 9.59 Å². The van der Waals surface area contributed by atoms with Crippen molar-refractivity contribution in [3.63, 3.8) is 0 Å². The zero-order valence-electron chi connectivity index (χ0n) is 14.6. The average Bonchev–Trinajstić information content (AvgIpc) is 3.08. The molecule has 9 heteroatoms. The Morgan fingerprint density at radius 2 is 2.07 bits per heavy atom. The Kier molecular flexibility index (Phi) is 5.81. The summed E-state index contributed by atoms with van der Waals surface area (Å²) in [6, 6.07) is 10.0. The maximum Gasteiger partial charge on any atom is 0.305 e. The summed E-state index contributed by atoms with van der Waals surface area (Å²) in [6.07, 6.45) is 1.38. The highest BCUT2D eigenvalue weighted by molar-refractivity contribution is 9.10. The second kappa shape index (κ2) is 8.10. The molecule has 3 rings (SSSR count). The topological polar surface area (TPSA) is 96.1 Å². The molecule has 2 heterocycles. The summed E-state index contributed by atoms with van der Waals surface area (Å²) in [5, 5.41) is 19.0. The Hall–Kier alpha value is -2.39. The van der Waals surface area contributed by atoms with Crippen molar-refractivity contribution in [2.24, 2.45) is 10.2 Å². The molecule has 1 aliphatic heterocycles. The number of hydrogen-bond donors (Lipinski definition) is 2. The van der Waals surface area contributed by atoms with E-state index in [9.17, 15) is 9.59 Å². The van der Waals surface area contributed by atoms with Gasteiger partial charge in [0.15, 0.2) is 5.17 Å². The van der Waals surface area contributed by atoms with Gasteiger partial charge in [-0.25, -0.2) is 0 Å². The van der Waals surface area contributed by atoms with E-state index in [2.05, 4.69) is 36.0 Å². The first-order chi connectivity index (χ1) is 12.8. The van der Waals surface area contributed by atoms with Crippen LogP contribution in [0.3, 0.4) is 0 Å². The zero-order valence-corrected chi connectivity index (χ0v) is 17.0. The number of carbonyl (C=O) groups is 2. The fourth-order valence-corrected chi connectivity index (χ4v) is 3.97. The Labute approximate surface area is 168 Å². The standard InChI is InChI=1S/C18H17BrN4O3S/c1-10-7-12(11(2)23(10)14-5-3-13(19)4-6-14)9-20-22-18-21-17(26)15(27-18)8-16(24)25/h3-7,9,15H,8H2,1-2H3,(H,24,25)(H,21,22,26)/b20-9+. The number of rotatable bonds is 5. The van der Waals surface area contributed by atoms with Crippen LogP contribution in [-0.4, -0.2) is 38.2 Å². The van der Waals surface area contributed by atoms with Gasteiger partial charge in [0.05, 0.1) is 12.6 Å². The van der Waals surface area contributed by atoms with E-state index >= 15 is 0 Å². The molecule has 0 radical (unpaired) electrons. The lowest BCUT2D eigenvalue weighted by molar-refractivity contribution is -0.138. The molecule has 1 fully saturated rings. The maximum absolute atomic E-state index is 11.7. The highest BCUT2D eigenvalue weighted by atomic mass is 79.9. The van der Waals surface area contributed by atoms with Crippen LogP contribution in [-0.2, 0) is 9.59 Å². The van der Waals surface area contributed by atoms with E-state index in [1.807, 2.05) is 44.2 Å². The molecule has 0 bridgehead atoms. The van der Waals surface area contributed by atoms with Gasteiger partial charge in [-0.05, 0) is 44.2 Å². The van der Waals surface area contributed by atoms with Crippen LogP contribution >= 0.6 is 27.7 Å². The van der Waals surface area contributed by atoms with Gasteiger partial charge < -0.3 is 15.0 Å². The van der Waals surface area contributed by atoms with Crippen LogP contribution < -0.4 is 5.32 Å². The number of benzene rings is 1. The van der Waals surface area contributed by atoms with Crippen LogP contribution in [0.25, 0.3) is 5.69 Å². The van der Waals surface area contributed by atoms with E-state index in [0.29, 0.717) is 5.17 Å². The van der Waals surface area contributed by atoms with Crippen LogP contribution in [0.15, 0.2) is 45.0 Å². The number of aromatic nitrogens is 1. The Bertz CT molecular complexity index is 950. The molecule has 0 saturated carbocycles. The lowest BCUT2D eigenvalue weighted by Gasteiger charge is -2.09. The number of aliphatic carboxylic acids is 1. The summed E-state index contributed by atoms with van der Waals surface area (Å²) in [7, 11) is 0. The van der Waals surface area contributed by atoms with E-state index in [1.54, 1.807) is 6.21 Å². The molecule has 2 aromatic rings. The molecule has 1 aromatic heterocycles. The van der Waals surface area contributed by atoms with Gasteiger partial charge in [0, 0.05) is 27.1 Å². The Morgan fingerprint density at radius 3 is 2.74 bits per heavy atom. The minimum Gasteiger partial charge on any atom is -0.481 e. The first-order valence-electron chi connectivity index (χ1n) is 8.10. The van der Waals surface area contributed by atoms with Crippen molar-refractivity contribution in [1.29, 1.82) is 0 Å². The fourth-order valence-electron chi connectivity index (χ4n) is 2.79. The number of nitrogens with one attached hydrogen (secondary N) is 1. The summed E-state index contributed by atoms with van der Waals surface area (Å²) in [5.41, 5.74) is 4.05. The van der Waals surface area contributed by atoms with Crippen molar-refractivity contribution in [3.8, 4) is 5.69 Å². The summed E-state index contributed by atoms with van der Waals surface area (Å²) >= 11 is 4.52. The molecule has 0 aliphatic carbocycles. The number of carboxylic acid groups (broad SMARTS) is 1. The second-order valence-electron chi connectivity index (χ2n) is 5.98. The molecule has 1 unspecified atom stereocenters. The number of hydrogen-bond acceptors (Lipinski definition) is 5. The Balaban J connectivity index is 1.77. The summed E-state index contributed by atoms with van der Waals surface area (Å²) in [6.45, 7) is 4.01. The minimum atomic E-state index is -1.02. The third kappa shape index (κ3) is 4.48. The van der Waals surface area contributed by atoms with Crippen molar-refractivity contribution < 1.29 is 14.7 Å². The van der Waals surface area contributed by atoms with Crippen molar-refractivity contribution in [2.75, 3.05) is 0 Å². The lowest BCUT2D eigenvalue weighted by Crippen LogP contribution is -2.26. The molecule has 2 N–H and O–H groups in total. The molecule has 140 valence electrons. The van der Waals surface area contributed by atoms with Gasteiger partial charge in [-0.15, -0.1) is 5.10 Å². The monoisotopic (exact) mass is 448 g/mol. The quantitative estimate of drug-likeness (QED) is 0.541. The van der Waals surface area contributed by atoms with Gasteiger partial charge >= 0.3 is 5.97 Å². The normalized spacial score (nSPS) is 18.4. The van der Waals surface area contributed by atoms with Crippen LogP contribution in [0.4, 0.5) is 0 Å². The summed E-state index contributed by atoms with van der Waals surface area (Å²) < 4.78 is 3.14. The molecule has 7 nitrogen and oxygen atoms in total. The minimum absolute atomic E-state index is 0.242. The largest absolute Gasteiger partial charge is 0.481 e. The molecule has 0 spiro atoms. The van der Waals surface area contributed by atoms with Crippen LogP contribution in [0.5, 0.6) is 0 Å². The molecular weight excluding hydrogens is 432 g/mol. The number of amides is 1. The maximum atomic E-state index is 11.7. The number of carboxylic acids is 1. The van der Waals surface area contributed by atoms with E-state index in [-0.39, 0.29) is 12.3 Å². The zero-order chi connectivity index (χ0) is 19.6. The van der Waals surface area contributed by atoms with Crippen molar-refractivity contribution in [3.05, 3.63) is 51.8 Å². The lowest BCUT2D eigenvalue weighted by atomic mass is 10.2. The number of carbonyl (C=O) groups excluding carboxylic acids is 1. The van der Waals surface area contributed by atoms with E-state index < -0.39 is 11.2 Å². The van der Waals surface area contributed by atoms with Crippen LogP contribution in [0.1, 0.15) is 23.4 Å². The summed E-state index contributed by atoms with van der Waals surface area (Å²) in [4.78, 5) is 22.4. The first kappa shape index (κ1) is 19.4. The van der Waals surface area contributed by atoms with Crippen molar-refractivity contribution >= 4 is 51.0 Å². The second-order valence-corrected chi connectivity index (χ2v) is 8.09. The number of thioether (sulfide) groups is 1. The molecule has 1 aromatic carbocycles. The highest BCUT2D eigenvalue weighted by Crippen LogP contribution is 2.23. The number of halogens is 1. The van der Waals surface area contributed by atoms with Gasteiger partial charge in [0.1, 0.15) is 5.25 Å². The number of aryl methyl sites for hydroxylation is 1. The van der Waals surface area contributed by atoms with Gasteiger partial charge in [-0.2, -0.15) is 5.10 Å². The van der Waals surface area contributed by atoms with Gasteiger partial charge in [-0.1, -0.05) is 27.7 Å². The van der Waals surface area contributed by atoms with Gasteiger partial charge in [0.25, 0.3) is 0 Å². The third-order valence-electron chi connectivity index (χ3n) is 4.04. The fraction of sp³-hybridized carbons (Fsp3) is 0.222. The summed E-state index contributed by atoms with van der Waals surface area (Å²) in [5.74, 6) is -1.38. The predicted octanol–water partition coefficient (Wildman–Crippen LogP) is 3.25. The smallest absolute Gasteiger partial charge is 0.305 e. The predicted molar refractivity (Wildman–Crippen MR) is 110 cm³/mol. The number of nitrogens with zero attached hydrogens (tertiary/aromatic N) is 3. The molecular formula is C18H17BrN4O3S. The first-order valence-corrected chi connectivity index (χ1v) is 9.77. The highest BCUT2D eigenvalue weighted by Gasteiger charge is 2.32. The molecule has 27 heavy (non-hydrogen) atoms. The SMILES string of the molecule is Cc1cc(/C=N/N=C2\NC(=O)C(CC(=O)O)S2)c(C)n1-c1ccc(Br)cc1. The van der Waals surface area contributed by atoms with Crippen LogP contribution in [0, 0.1) is 13.8 Å². The molecule has 1 amide bonds. The molecule has 1 aliphatic rings. The van der Waals surface area contributed by atoms with E-state index in [4.69, 9.17) is 5.11 Å². The Morgan fingerprint density at radius 1 is 1.37 bits per heavy atom.